The van der Waals surface area contributed by atoms with Gasteiger partial charge in [-0.3, -0.25) is 9.10 Å². The fourth-order valence-corrected chi connectivity index (χ4v) is 6.30. The van der Waals surface area contributed by atoms with Crippen LogP contribution in [0.3, 0.4) is 0 Å². The van der Waals surface area contributed by atoms with Crippen LogP contribution in [0, 0.1) is 6.92 Å². The lowest BCUT2D eigenvalue weighted by molar-refractivity contribution is -0.114. The van der Waals surface area contributed by atoms with Crippen molar-refractivity contribution in [2.45, 2.75) is 29.4 Å². The molecule has 0 aliphatic heterocycles. The van der Waals surface area contributed by atoms with Gasteiger partial charge in [-0.2, -0.15) is 0 Å². The number of halogens is 1. The lowest BCUT2D eigenvalue weighted by atomic mass is 10.2. The van der Waals surface area contributed by atoms with E-state index in [9.17, 15) is 13.2 Å². The summed E-state index contributed by atoms with van der Waals surface area (Å²) in [6, 6.07) is 28.3. The monoisotopic (exact) mass is 580 g/mol. The first-order valence-corrected chi connectivity index (χ1v) is 15.1. The van der Waals surface area contributed by atoms with Gasteiger partial charge in [0.15, 0.2) is 0 Å². The quantitative estimate of drug-likeness (QED) is 0.190. The molecule has 9 heteroatoms. The van der Waals surface area contributed by atoms with E-state index < -0.39 is 22.5 Å². The molecule has 202 valence electrons. The molecule has 0 aliphatic rings. The average molecular weight is 581 g/mol. The average Bonchev–Trinajstić information content (AvgIpc) is 2.93. The Hall–Kier alpha value is -3.46. The van der Waals surface area contributed by atoms with Crippen LogP contribution in [0.15, 0.2) is 107 Å². The van der Waals surface area contributed by atoms with Crippen LogP contribution in [0.5, 0.6) is 5.75 Å². The molecule has 0 radical (unpaired) electrons. The van der Waals surface area contributed by atoms with E-state index in [1.165, 1.54) is 12.1 Å². The molecule has 1 amide bonds. The highest BCUT2D eigenvalue weighted by atomic mass is 35.5. The zero-order valence-corrected chi connectivity index (χ0v) is 24.0. The number of amides is 1. The third kappa shape index (κ3) is 7.56. The summed E-state index contributed by atoms with van der Waals surface area (Å²) in [4.78, 5) is 14.2. The number of ether oxygens (including phenoxy) is 1. The Morgan fingerprint density at radius 2 is 1.59 bits per heavy atom. The Balaban J connectivity index is 1.55. The Bertz CT molecular complexity index is 1510. The van der Waals surface area contributed by atoms with E-state index in [4.69, 9.17) is 16.3 Å². The molecular formula is C30H29ClN2O4S2. The number of anilines is 2. The number of nitrogens with zero attached hydrogens (tertiary/aromatic N) is 1. The molecule has 0 saturated carbocycles. The fraction of sp³-hybridized carbons (Fsp3) is 0.167. The van der Waals surface area contributed by atoms with Gasteiger partial charge >= 0.3 is 0 Å². The van der Waals surface area contributed by atoms with Crippen LogP contribution in [-0.2, 0) is 20.6 Å². The zero-order chi connectivity index (χ0) is 27.8. The second-order valence-electron chi connectivity index (χ2n) is 8.71. The third-order valence-corrected chi connectivity index (χ3v) is 8.99. The van der Waals surface area contributed by atoms with Crippen LogP contribution in [0.25, 0.3) is 0 Å². The zero-order valence-electron chi connectivity index (χ0n) is 21.6. The van der Waals surface area contributed by atoms with Crippen molar-refractivity contribution >= 4 is 50.7 Å². The molecule has 1 N–H and O–H groups in total. The molecular weight excluding hydrogens is 552 g/mol. The van der Waals surface area contributed by atoms with Crippen molar-refractivity contribution in [1.82, 2.24) is 0 Å². The Morgan fingerprint density at radius 1 is 0.923 bits per heavy atom. The minimum Gasteiger partial charge on any atom is -0.494 e. The van der Waals surface area contributed by atoms with Gasteiger partial charge in [0.25, 0.3) is 10.0 Å². The lowest BCUT2D eigenvalue weighted by Crippen LogP contribution is -2.38. The van der Waals surface area contributed by atoms with Gasteiger partial charge in [-0.25, -0.2) is 8.42 Å². The third-order valence-electron chi connectivity index (χ3n) is 5.80. The summed E-state index contributed by atoms with van der Waals surface area (Å²) >= 11 is 7.56. The van der Waals surface area contributed by atoms with Gasteiger partial charge in [-0.15, -0.1) is 11.8 Å². The summed E-state index contributed by atoms with van der Waals surface area (Å²) in [5.74, 6) is 0.805. The molecule has 4 aromatic rings. The maximum absolute atomic E-state index is 13.7. The first-order chi connectivity index (χ1) is 18.8. The van der Waals surface area contributed by atoms with Gasteiger partial charge in [-0.05, 0) is 80.1 Å². The minimum atomic E-state index is -4.04. The molecule has 4 aromatic carbocycles. The maximum Gasteiger partial charge on any atom is 0.264 e. The van der Waals surface area contributed by atoms with Crippen LogP contribution in [0.4, 0.5) is 11.4 Å². The number of hydrogen-bond donors (Lipinski definition) is 1. The molecule has 0 aliphatic carbocycles. The number of benzene rings is 4. The summed E-state index contributed by atoms with van der Waals surface area (Å²) in [5, 5.41) is 3.59. The van der Waals surface area contributed by atoms with E-state index in [2.05, 4.69) is 5.32 Å². The Kier molecular flexibility index (Phi) is 9.56. The molecule has 0 saturated heterocycles. The minimum absolute atomic E-state index is 0.0678. The van der Waals surface area contributed by atoms with Gasteiger partial charge < -0.3 is 10.1 Å². The van der Waals surface area contributed by atoms with Crippen molar-refractivity contribution < 1.29 is 17.9 Å². The fourth-order valence-electron chi connectivity index (χ4n) is 3.79. The number of carbonyl (C=O) groups is 1. The summed E-state index contributed by atoms with van der Waals surface area (Å²) in [6.45, 7) is 3.85. The predicted molar refractivity (Wildman–Crippen MR) is 159 cm³/mol. The molecule has 0 bridgehead atoms. The molecule has 0 spiro atoms. The molecule has 4 rings (SSSR count). The van der Waals surface area contributed by atoms with Gasteiger partial charge in [0.05, 0.1) is 22.9 Å². The highest BCUT2D eigenvalue weighted by Gasteiger charge is 2.27. The van der Waals surface area contributed by atoms with E-state index in [0.717, 1.165) is 20.3 Å². The van der Waals surface area contributed by atoms with Crippen LogP contribution in [-0.4, -0.2) is 27.5 Å². The normalized spacial score (nSPS) is 11.2. The number of rotatable bonds is 11. The highest BCUT2D eigenvalue weighted by Crippen LogP contribution is 2.31. The number of nitrogens with one attached hydrogen (secondary N) is 1. The molecule has 0 heterocycles. The number of thioether (sulfide) groups is 1. The molecule has 0 aromatic heterocycles. The summed E-state index contributed by atoms with van der Waals surface area (Å²) in [6.07, 6.45) is 0. The first kappa shape index (κ1) is 28.5. The Morgan fingerprint density at radius 3 is 2.26 bits per heavy atom. The van der Waals surface area contributed by atoms with Crippen molar-refractivity contribution in [3.8, 4) is 5.75 Å². The summed E-state index contributed by atoms with van der Waals surface area (Å²) < 4.78 is 34.0. The molecule has 39 heavy (non-hydrogen) atoms. The van der Waals surface area contributed by atoms with E-state index >= 15 is 0 Å². The maximum atomic E-state index is 13.7. The largest absolute Gasteiger partial charge is 0.494 e. The first-order valence-electron chi connectivity index (χ1n) is 12.3. The van der Waals surface area contributed by atoms with Gasteiger partial charge in [0.2, 0.25) is 5.91 Å². The van der Waals surface area contributed by atoms with Crippen LogP contribution in [0.2, 0.25) is 5.02 Å². The van der Waals surface area contributed by atoms with Crippen molar-refractivity contribution in [3.63, 3.8) is 0 Å². The number of sulfonamides is 1. The summed E-state index contributed by atoms with van der Waals surface area (Å²) in [7, 11) is -4.04. The smallest absolute Gasteiger partial charge is 0.264 e. The highest BCUT2D eigenvalue weighted by molar-refractivity contribution is 7.98. The Labute approximate surface area is 239 Å². The molecule has 6 nitrogen and oxygen atoms in total. The van der Waals surface area contributed by atoms with E-state index in [-0.39, 0.29) is 4.90 Å². The number of hydrogen-bond acceptors (Lipinski definition) is 5. The number of para-hydroxylation sites is 1. The standard InChI is InChI=1S/C30H29ClN2O4S2/c1-3-37-26-16-18-27(19-17-26)39(35,36)33(25-14-8-22(2)9-15-25)20-30(34)32-28-6-4-5-7-29(28)38-21-23-10-12-24(31)13-11-23/h4-19H,3,20-21H2,1-2H3,(H,32,34). The van der Waals surface area contributed by atoms with Crippen LogP contribution < -0.4 is 14.4 Å². The SMILES string of the molecule is CCOc1ccc(S(=O)(=O)N(CC(=O)Nc2ccccc2SCc2ccc(Cl)cc2)c2ccc(C)cc2)cc1. The molecule has 0 atom stereocenters. The lowest BCUT2D eigenvalue weighted by Gasteiger charge is -2.24. The van der Waals surface area contributed by atoms with Crippen molar-refractivity contribution in [1.29, 1.82) is 0 Å². The van der Waals surface area contributed by atoms with Gasteiger partial charge in [0, 0.05) is 15.7 Å². The van der Waals surface area contributed by atoms with E-state index in [1.54, 1.807) is 42.1 Å². The van der Waals surface area contributed by atoms with E-state index in [1.807, 2.05) is 68.4 Å². The molecule has 0 unspecified atom stereocenters. The number of aryl methyl sites for hydroxylation is 1. The van der Waals surface area contributed by atoms with Gasteiger partial charge in [0.1, 0.15) is 12.3 Å². The van der Waals surface area contributed by atoms with Gasteiger partial charge in [-0.1, -0.05) is 53.6 Å². The van der Waals surface area contributed by atoms with Crippen molar-refractivity contribution in [3.05, 3.63) is 113 Å². The van der Waals surface area contributed by atoms with Crippen LogP contribution >= 0.6 is 23.4 Å². The van der Waals surface area contributed by atoms with Crippen molar-refractivity contribution in [2.24, 2.45) is 0 Å². The topological polar surface area (TPSA) is 75.7 Å². The second-order valence-corrected chi connectivity index (χ2v) is 12.0. The predicted octanol–water partition coefficient (Wildman–Crippen LogP) is 7.17. The van der Waals surface area contributed by atoms with E-state index in [0.29, 0.717) is 34.5 Å². The summed E-state index contributed by atoms with van der Waals surface area (Å²) in [5.41, 5.74) is 3.09. The second kappa shape index (κ2) is 13.1. The number of carbonyl (C=O) groups excluding carboxylic acids is 1. The van der Waals surface area contributed by atoms with Crippen molar-refractivity contribution in [2.75, 3.05) is 22.8 Å². The van der Waals surface area contributed by atoms with Crippen LogP contribution in [0.1, 0.15) is 18.1 Å². The molecule has 0 fully saturated rings.